The zero-order valence-corrected chi connectivity index (χ0v) is 11.6. The molecule has 2 N–H and O–H groups in total. The molecule has 4 heteroatoms. The lowest BCUT2D eigenvalue weighted by molar-refractivity contribution is 0.947. The van der Waals surface area contributed by atoms with Gasteiger partial charge in [0.25, 0.3) is 0 Å². The SMILES string of the molecule is Cc1cc(C)nc(SC(CN)c2cccs2)c1. The van der Waals surface area contributed by atoms with E-state index in [4.69, 9.17) is 5.73 Å². The molecular weight excluding hydrogens is 248 g/mol. The van der Waals surface area contributed by atoms with Crippen LogP contribution < -0.4 is 5.73 Å². The van der Waals surface area contributed by atoms with Crippen LogP contribution in [-0.4, -0.2) is 11.5 Å². The van der Waals surface area contributed by atoms with Crippen LogP contribution in [0.4, 0.5) is 0 Å². The summed E-state index contributed by atoms with van der Waals surface area (Å²) < 4.78 is 0. The molecule has 2 rings (SSSR count). The third-order valence-electron chi connectivity index (χ3n) is 2.41. The molecule has 2 heterocycles. The van der Waals surface area contributed by atoms with E-state index in [2.05, 4.69) is 41.6 Å². The van der Waals surface area contributed by atoms with Crippen LogP contribution in [0.2, 0.25) is 0 Å². The molecule has 0 saturated carbocycles. The Labute approximate surface area is 110 Å². The quantitative estimate of drug-likeness (QED) is 0.858. The minimum Gasteiger partial charge on any atom is -0.329 e. The second-order valence-electron chi connectivity index (χ2n) is 3.98. The molecule has 0 fully saturated rings. The Morgan fingerprint density at radius 2 is 2.24 bits per heavy atom. The molecular formula is C13H16N2S2. The molecule has 17 heavy (non-hydrogen) atoms. The van der Waals surface area contributed by atoms with E-state index < -0.39 is 0 Å². The summed E-state index contributed by atoms with van der Waals surface area (Å²) in [5, 5.41) is 3.46. The number of aryl methyl sites for hydroxylation is 2. The van der Waals surface area contributed by atoms with Crippen molar-refractivity contribution in [3.8, 4) is 0 Å². The molecule has 2 nitrogen and oxygen atoms in total. The molecule has 0 bridgehead atoms. The first-order chi connectivity index (χ1) is 8.19. The van der Waals surface area contributed by atoms with Gasteiger partial charge in [-0.1, -0.05) is 17.8 Å². The highest BCUT2D eigenvalue weighted by atomic mass is 32.2. The van der Waals surface area contributed by atoms with E-state index in [1.165, 1.54) is 10.4 Å². The molecule has 2 aromatic heterocycles. The van der Waals surface area contributed by atoms with Crippen molar-refractivity contribution in [1.82, 2.24) is 4.98 Å². The summed E-state index contributed by atoms with van der Waals surface area (Å²) in [5.74, 6) is 0. The van der Waals surface area contributed by atoms with E-state index in [1.54, 1.807) is 23.1 Å². The largest absolute Gasteiger partial charge is 0.329 e. The summed E-state index contributed by atoms with van der Waals surface area (Å²) in [7, 11) is 0. The van der Waals surface area contributed by atoms with Gasteiger partial charge in [0.1, 0.15) is 0 Å². The fourth-order valence-electron chi connectivity index (χ4n) is 1.71. The number of thioether (sulfide) groups is 1. The van der Waals surface area contributed by atoms with Gasteiger partial charge in [-0.05, 0) is 43.0 Å². The van der Waals surface area contributed by atoms with Crippen LogP contribution in [0.1, 0.15) is 21.4 Å². The highest BCUT2D eigenvalue weighted by Gasteiger charge is 2.13. The van der Waals surface area contributed by atoms with Gasteiger partial charge >= 0.3 is 0 Å². The first-order valence-corrected chi connectivity index (χ1v) is 7.30. The van der Waals surface area contributed by atoms with Crippen molar-refractivity contribution in [3.05, 3.63) is 45.8 Å². The summed E-state index contributed by atoms with van der Waals surface area (Å²) in [5.41, 5.74) is 8.16. The van der Waals surface area contributed by atoms with Crippen LogP contribution in [0.25, 0.3) is 0 Å². The number of nitrogens with zero attached hydrogens (tertiary/aromatic N) is 1. The van der Waals surface area contributed by atoms with Crippen molar-refractivity contribution >= 4 is 23.1 Å². The first kappa shape index (κ1) is 12.6. The number of aromatic nitrogens is 1. The molecule has 0 saturated heterocycles. The summed E-state index contributed by atoms with van der Waals surface area (Å²) in [4.78, 5) is 5.86. The minimum absolute atomic E-state index is 0.309. The Morgan fingerprint density at radius 3 is 2.82 bits per heavy atom. The summed E-state index contributed by atoms with van der Waals surface area (Å²) in [6.45, 7) is 4.76. The molecule has 0 aliphatic heterocycles. The lowest BCUT2D eigenvalue weighted by Crippen LogP contribution is -2.08. The molecule has 0 spiro atoms. The summed E-state index contributed by atoms with van der Waals surface area (Å²) in [6, 6.07) is 8.41. The molecule has 0 aromatic carbocycles. The highest BCUT2D eigenvalue weighted by Crippen LogP contribution is 2.35. The van der Waals surface area contributed by atoms with E-state index in [-0.39, 0.29) is 0 Å². The Kier molecular flexibility index (Phi) is 4.20. The maximum absolute atomic E-state index is 5.85. The zero-order valence-electron chi connectivity index (χ0n) is 10.0. The van der Waals surface area contributed by atoms with Crippen molar-refractivity contribution in [2.24, 2.45) is 5.73 Å². The third kappa shape index (κ3) is 3.31. The van der Waals surface area contributed by atoms with Crippen molar-refractivity contribution in [3.63, 3.8) is 0 Å². The second-order valence-corrected chi connectivity index (χ2v) is 6.18. The fraction of sp³-hybridized carbons (Fsp3) is 0.308. The van der Waals surface area contributed by atoms with Crippen LogP contribution in [0.3, 0.4) is 0 Å². The highest BCUT2D eigenvalue weighted by molar-refractivity contribution is 7.99. The average Bonchev–Trinajstić information content (AvgIpc) is 2.77. The van der Waals surface area contributed by atoms with Gasteiger partial charge < -0.3 is 5.73 Å². The van der Waals surface area contributed by atoms with Crippen LogP contribution in [-0.2, 0) is 0 Å². The minimum atomic E-state index is 0.309. The monoisotopic (exact) mass is 264 g/mol. The summed E-state index contributed by atoms with van der Waals surface area (Å²) in [6.07, 6.45) is 0. The van der Waals surface area contributed by atoms with Gasteiger partial charge in [0.15, 0.2) is 0 Å². The maximum atomic E-state index is 5.85. The van der Waals surface area contributed by atoms with Crippen molar-refractivity contribution in [1.29, 1.82) is 0 Å². The van der Waals surface area contributed by atoms with E-state index in [0.717, 1.165) is 10.7 Å². The standard InChI is InChI=1S/C13H16N2S2/c1-9-6-10(2)15-13(7-9)17-12(8-14)11-4-3-5-16-11/h3-7,12H,8,14H2,1-2H3. The van der Waals surface area contributed by atoms with E-state index in [0.29, 0.717) is 11.8 Å². The number of nitrogens with two attached hydrogens (primary N) is 1. The van der Waals surface area contributed by atoms with E-state index >= 15 is 0 Å². The van der Waals surface area contributed by atoms with Crippen LogP contribution in [0, 0.1) is 13.8 Å². The number of pyridine rings is 1. The van der Waals surface area contributed by atoms with E-state index in [9.17, 15) is 0 Å². The maximum Gasteiger partial charge on any atom is 0.0972 e. The Balaban J connectivity index is 2.18. The molecule has 1 atom stereocenters. The Bertz CT molecular complexity index is 460. The second kappa shape index (κ2) is 5.67. The average molecular weight is 264 g/mol. The van der Waals surface area contributed by atoms with Gasteiger partial charge in [-0.3, -0.25) is 0 Å². The summed E-state index contributed by atoms with van der Waals surface area (Å²) >= 11 is 3.50. The number of hydrogen-bond donors (Lipinski definition) is 1. The van der Waals surface area contributed by atoms with Crippen LogP contribution >= 0.6 is 23.1 Å². The Morgan fingerprint density at radius 1 is 1.41 bits per heavy atom. The predicted molar refractivity (Wildman–Crippen MR) is 75.7 cm³/mol. The van der Waals surface area contributed by atoms with Crippen LogP contribution in [0.5, 0.6) is 0 Å². The molecule has 0 radical (unpaired) electrons. The van der Waals surface area contributed by atoms with Crippen molar-refractivity contribution in [2.45, 2.75) is 24.1 Å². The lowest BCUT2D eigenvalue weighted by atomic mass is 10.3. The zero-order chi connectivity index (χ0) is 12.3. The van der Waals surface area contributed by atoms with Gasteiger partial charge in [0.05, 0.1) is 10.3 Å². The van der Waals surface area contributed by atoms with Gasteiger partial charge in [0, 0.05) is 17.1 Å². The van der Waals surface area contributed by atoms with Gasteiger partial charge in [-0.15, -0.1) is 11.3 Å². The lowest BCUT2D eigenvalue weighted by Gasteiger charge is -2.12. The molecule has 0 amide bonds. The van der Waals surface area contributed by atoms with Crippen LogP contribution in [0.15, 0.2) is 34.7 Å². The number of thiophene rings is 1. The van der Waals surface area contributed by atoms with Gasteiger partial charge in [-0.2, -0.15) is 0 Å². The van der Waals surface area contributed by atoms with Crippen molar-refractivity contribution in [2.75, 3.05) is 6.54 Å². The molecule has 0 aliphatic rings. The predicted octanol–water partition coefficient (Wildman–Crippen LogP) is 3.55. The first-order valence-electron chi connectivity index (χ1n) is 5.54. The third-order valence-corrected chi connectivity index (χ3v) is 4.73. The smallest absolute Gasteiger partial charge is 0.0972 e. The fourth-order valence-corrected chi connectivity index (χ4v) is 3.77. The van der Waals surface area contributed by atoms with Gasteiger partial charge in [0.2, 0.25) is 0 Å². The van der Waals surface area contributed by atoms with E-state index in [1.807, 2.05) is 6.92 Å². The molecule has 90 valence electrons. The normalized spacial score (nSPS) is 12.6. The number of rotatable bonds is 4. The topological polar surface area (TPSA) is 38.9 Å². The van der Waals surface area contributed by atoms with Crippen molar-refractivity contribution < 1.29 is 0 Å². The molecule has 1 unspecified atom stereocenters. The Hall–Kier alpha value is -0.840. The molecule has 0 aliphatic carbocycles. The van der Waals surface area contributed by atoms with Gasteiger partial charge in [-0.25, -0.2) is 4.98 Å². The molecule has 2 aromatic rings. The number of hydrogen-bond acceptors (Lipinski definition) is 4.